The summed E-state index contributed by atoms with van der Waals surface area (Å²) >= 11 is 6.26. The molecule has 1 N–H and O–H groups in total. The number of hydrogen-bond donors (Lipinski definition) is 1. The number of rotatable bonds is 11. The van der Waals surface area contributed by atoms with Crippen molar-refractivity contribution in [2.75, 3.05) is 31.3 Å². The molecule has 2 aromatic rings. The molecule has 0 fully saturated rings. The van der Waals surface area contributed by atoms with Crippen LogP contribution in [0.25, 0.3) is 0 Å². The molecule has 0 aliphatic carbocycles. The van der Waals surface area contributed by atoms with Crippen LogP contribution in [-0.2, 0) is 26.2 Å². The highest BCUT2D eigenvalue weighted by atomic mass is 35.5. The van der Waals surface area contributed by atoms with E-state index in [1.165, 1.54) is 23.4 Å². The summed E-state index contributed by atoms with van der Waals surface area (Å²) in [4.78, 5) is 26.8. The van der Waals surface area contributed by atoms with Crippen LogP contribution in [0.15, 0.2) is 48.5 Å². The number of para-hydroxylation sites is 2. The molecule has 8 nitrogen and oxygen atoms in total. The summed E-state index contributed by atoms with van der Waals surface area (Å²) in [5.41, 5.74) is 1.12. The highest BCUT2D eigenvalue weighted by Crippen LogP contribution is 2.30. The van der Waals surface area contributed by atoms with Crippen LogP contribution >= 0.6 is 11.6 Å². The Labute approximate surface area is 200 Å². The molecule has 33 heavy (non-hydrogen) atoms. The van der Waals surface area contributed by atoms with Crippen molar-refractivity contribution in [3.63, 3.8) is 0 Å². The molecule has 0 heterocycles. The van der Waals surface area contributed by atoms with Gasteiger partial charge in [-0.25, -0.2) is 8.42 Å². The first-order valence-corrected chi connectivity index (χ1v) is 12.7. The average Bonchev–Trinajstić information content (AvgIpc) is 2.79. The molecule has 0 aliphatic rings. The van der Waals surface area contributed by atoms with Gasteiger partial charge in [-0.15, -0.1) is 0 Å². The number of carbonyl (C=O) groups excluding carboxylic acids is 2. The van der Waals surface area contributed by atoms with Crippen LogP contribution in [0, 0.1) is 0 Å². The van der Waals surface area contributed by atoms with Gasteiger partial charge < -0.3 is 15.0 Å². The van der Waals surface area contributed by atoms with Crippen LogP contribution in [0.1, 0.15) is 25.3 Å². The molecule has 0 saturated heterocycles. The highest BCUT2D eigenvalue weighted by Gasteiger charge is 2.27. The topological polar surface area (TPSA) is 96.0 Å². The molecule has 0 aromatic heterocycles. The molecular formula is C23H30ClN3O5S. The first kappa shape index (κ1) is 26.5. The number of carbonyl (C=O) groups is 2. The largest absolute Gasteiger partial charge is 0.495 e. The Bertz CT molecular complexity index is 1080. The second-order valence-corrected chi connectivity index (χ2v) is 9.83. The summed E-state index contributed by atoms with van der Waals surface area (Å²) in [5, 5.41) is 3.06. The summed E-state index contributed by atoms with van der Waals surface area (Å²) in [5.74, 6) is -0.162. The second kappa shape index (κ2) is 11.9. The molecule has 2 aromatic carbocycles. The van der Waals surface area contributed by atoms with Gasteiger partial charge in [-0.05, 0) is 37.1 Å². The molecule has 0 unspecified atom stereocenters. The maximum Gasteiger partial charge on any atom is 0.242 e. The zero-order valence-electron chi connectivity index (χ0n) is 19.2. The van der Waals surface area contributed by atoms with Gasteiger partial charge >= 0.3 is 0 Å². The van der Waals surface area contributed by atoms with Crippen LogP contribution in [0.2, 0.25) is 5.02 Å². The normalized spacial score (nSPS) is 12.0. The van der Waals surface area contributed by atoms with Gasteiger partial charge in [0.25, 0.3) is 0 Å². The van der Waals surface area contributed by atoms with Crippen molar-refractivity contribution in [3.05, 3.63) is 59.1 Å². The molecular weight excluding hydrogens is 466 g/mol. The number of anilines is 1. The van der Waals surface area contributed by atoms with Gasteiger partial charge in [0.1, 0.15) is 11.8 Å². The third-order valence-corrected chi connectivity index (χ3v) is 6.77. The summed E-state index contributed by atoms with van der Waals surface area (Å²) < 4.78 is 31.4. The predicted octanol–water partition coefficient (Wildman–Crippen LogP) is 3.06. The fourth-order valence-electron chi connectivity index (χ4n) is 3.42. The Morgan fingerprint density at radius 1 is 1.12 bits per heavy atom. The minimum atomic E-state index is -3.61. The number of nitrogens with zero attached hydrogens (tertiary/aromatic N) is 2. The smallest absolute Gasteiger partial charge is 0.242 e. The molecule has 0 spiro atoms. The van der Waals surface area contributed by atoms with Crippen molar-refractivity contribution in [2.24, 2.45) is 0 Å². The fourth-order valence-corrected chi connectivity index (χ4v) is 4.58. The van der Waals surface area contributed by atoms with Crippen molar-refractivity contribution < 1.29 is 22.7 Å². The Kier molecular flexibility index (Phi) is 9.55. The number of ether oxygens (including phenoxy) is 1. The van der Waals surface area contributed by atoms with Crippen LogP contribution in [-0.4, -0.2) is 58.1 Å². The van der Waals surface area contributed by atoms with Gasteiger partial charge in [-0.2, -0.15) is 0 Å². The van der Waals surface area contributed by atoms with E-state index in [4.69, 9.17) is 16.3 Å². The third kappa shape index (κ3) is 7.10. The van der Waals surface area contributed by atoms with Crippen molar-refractivity contribution in [2.45, 2.75) is 32.4 Å². The highest BCUT2D eigenvalue weighted by molar-refractivity contribution is 7.92. The molecule has 0 bridgehead atoms. The molecule has 180 valence electrons. The number of methoxy groups -OCH3 is 1. The zero-order chi connectivity index (χ0) is 24.6. The van der Waals surface area contributed by atoms with Gasteiger partial charge in [-0.1, -0.05) is 41.9 Å². The van der Waals surface area contributed by atoms with Gasteiger partial charge in [0.05, 0.1) is 19.1 Å². The van der Waals surface area contributed by atoms with E-state index in [1.54, 1.807) is 49.4 Å². The number of likely N-dealkylation sites (N-methyl/N-ethyl adjacent to an activating group) is 1. The first-order valence-electron chi connectivity index (χ1n) is 10.4. The Morgan fingerprint density at radius 2 is 1.76 bits per heavy atom. The SMILES string of the molecule is CNC(=O)[C@H](C)N(Cc1ccccc1Cl)C(=O)CCCN(c1ccccc1OC)S(C)(=O)=O. The van der Waals surface area contributed by atoms with Crippen LogP contribution in [0.4, 0.5) is 5.69 Å². The first-order chi connectivity index (χ1) is 15.6. The number of halogens is 1. The monoisotopic (exact) mass is 495 g/mol. The third-order valence-electron chi connectivity index (χ3n) is 5.22. The van der Waals surface area contributed by atoms with E-state index in [0.717, 1.165) is 11.8 Å². The average molecular weight is 496 g/mol. The van der Waals surface area contributed by atoms with Gasteiger partial charge in [0.2, 0.25) is 21.8 Å². The molecule has 2 rings (SSSR count). The fraction of sp³-hybridized carbons (Fsp3) is 0.391. The van der Waals surface area contributed by atoms with Crippen molar-refractivity contribution in [3.8, 4) is 5.75 Å². The van der Waals surface area contributed by atoms with Gasteiger partial charge in [0.15, 0.2) is 0 Å². The van der Waals surface area contributed by atoms with Crippen LogP contribution < -0.4 is 14.4 Å². The minimum absolute atomic E-state index is 0.0486. The number of sulfonamides is 1. The number of hydrogen-bond acceptors (Lipinski definition) is 5. The molecule has 0 saturated carbocycles. The molecule has 2 amide bonds. The Hall–Kier alpha value is -2.78. The van der Waals surface area contributed by atoms with Crippen molar-refractivity contribution >= 4 is 39.1 Å². The lowest BCUT2D eigenvalue weighted by molar-refractivity contribution is -0.140. The van der Waals surface area contributed by atoms with Crippen molar-refractivity contribution in [1.82, 2.24) is 10.2 Å². The second-order valence-electron chi connectivity index (χ2n) is 7.51. The molecule has 0 aliphatic heterocycles. The summed E-state index contributed by atoms with van der Waals surface area (Å²) in [6.07, 6.45) is 1.41. The Balaban J connectivity index is 2.19. The van der Waals surface area contributed by atoms with E-state index in [0.29, 0.717) is 16.5 Å². The zero-order valence-corrected chi connectivity index (χ0v) is 20.8. The lowest BCUT2D eigenvalue weighted by atomic mass is 10.1. The molecule has 10 heteroatoms. The van der Waals surface area contributed by atoms with Crippen LogP contribution in [0.5, 0.6) is 5.75 Å². The lowest BCUT2D eigenvalue weighted by Crippen LogP contribution is -2.46. The van der Waals surface area contributed by atoms with Gasteiger partial charge in [0, 0.05) is 31.6 Å². The summed E-state index contributed by atoms with van der Waals surface area (Å²) in [7, 11) is -0.634. The van der Waals surface area contributed by atoms with E-state index in [2.05, 4.69) is 5.32 Å². The van der Waals surface area contributed by atoms with E-state index >= 15 is 0 Å². The summed E-state index contributed by atoms with van der Waals surface area (Å²) in [6, 6.07) is 13.2. The van der Waals surface area contributed by atoms with E-state index in [9.17, 15) is 18.0 Å². The van der Waals surface area contributed by atoms with E-state index < -0.39 is 16.1 Å². The van der Waals surface area contributed by atoms with E-state index in [-0.39, 0.29) is 37.7 Å². The van der Waals surface area contributed by atoms with Crippen molar-refractivity contribution in [1.29, 1.82) is 0 Å². The van der Waals surface area contributed by atoms with Crippen LogP contribution in [0.3, 0.4) is 0 Å². The number of amides is 2. The van der Waals surface area contributed by atoms with Gasteiger partial charge in [-0.3, -0.25) is 13.9 Å². The quantitative estimate of drug-likeness (QED) is 0.517. The standard InChI is InChI=1S/C23H30ClN3O5S/c1-17(23(29)25-2)26(16-18-10-5-6-11-19(18)24)22(28)14-9-15-27(33(4,30)31)20-12-7-8-13-21(20)32-3/h5-8,10-13,17H,9,14-16H2,1-4H3,(H,25,29)/t17-/m0/s1. The predicted molar refractivity (Wildman–Crippen MR) is 130 cm³/mol. The van der Waals surface area contributed by atoms with E-state index in [1.807, 2.05) is 6.07 Å². The summed E-state index contributed by atoms with van der Waals surface area (Å²) in [6.45, 7) is 1.89. The number of benzene rings is 2. The lowest BCUT2D eigenvalue weighted by Gasteiger charge is -2.29. The maximum atomic E-state index is 13.1. The maximum absolute atomic E-state index is 13.1. The molecule has 0 radical (unpaired) electrons. The number of nitrogens with one attached hydrogen (secondary N) is 1. The minimum Gasteiger partial charge on any atom is -0.495 e. The molecule has 1 atom stereocenters. The Morgan fingerprint density at radius 3 is 2.36 bits per heavy atom.